The zero-order valence-electron chi connectivity index (χ0n) is 12.4. The van der Waals surface area contributed by atoms with E-state index in [-0.39, 0.29) is 11.8 Å². The zero-order chi connectivity index (χ0) is 15.0. The Balaban J connectivity index is 2.27. The summed E-state index contributed by atoms with van der Waals surface area (Å²) in [7, 11) is 1.85. The Morgan fingerprint density at radius 3 is 2.55 bits per heavy atom. The Kier molecular flexibility index (Phi) is 3.83. The highest BCUT2D eigenvalue weighted by Crippen LogP contribution is 2.28. The Hall–Kier alpha value is -1.85. The van der Waals surface area contributed by atoms with Gasteiger partial charge in [0.15, 0.2) is 0 Å². The third-order valence-corrected chi connectivity index (χ3v) is 4.19. The second-order valence-electron chi connectivity index (χ2n) is 5.46. The second kappa shape index (κ2) is 5.26. The summed E-state index contributed by atoms with van der Waals surface area (Å²) in [6, 6.07) is -0.678. The van der Waals surface area contributed by atoms with Gasteiger partial charge in [-0.2, -0.15) is 5.10 Å². The molecule has 1 aliphatic heterocycles. The molecule has 0 aliphatic carbocycles. The van der Waals surface area contributed by atoms with Gasteiger partial charge in [0.2, 0.25) is 5.91 Å². The van der Waals surface area contributed by atoms with Crippen molar-refractivity contribution >= 4 is 11.9 Å². The first-order valence-corrected chi connectivity index (χ1v) is 6.88. The minimum atomic E-state index is -0.914. The normalized spacial score (nSPS) is 20.2. The maximum Gasteiger partial charge on any atom is 0.326 e. The quantitative estimate of drug-likeness (QED) is 0.902. The minimum Gasteiger partial charge on any atom is -0.480 e. The van der Waals surface area contributed by atoms with Crippen LogP contribution in [0.25, 0.3) is 0 Å². The summed E-state index contributed by atoms with van der Waals surface area (Å²) in [5, 5.41) is 13.5. The van der Waals surface area contributed by atoms with E-state index in [4.69, 9.17) is 0 Å². The average molecular weight is 279 g/mol. The summed E-state index contributed by atoms with van der Waals surface area (Å²) in [5.74, 6) is -1.39. The van der Waals surface area contributed by atoms with E-state index in [9.17, 15) is 14.7 Å². The Morgan fingerprint density at radius 2 is 2.05 bits per heavy atom. The van der Waals surface area contributed by atoms with Gasteiger partial charge in [0.05, 0.1) is 11.6 Å². The van der Waals surface area contributed by atoms with Crippen molar-refractivity contribution in [2.24, 2.45) is 7.05 Å². The number of carboxylic acid groups (broad SMARTS) is 1. The van der Waals surface area contributed by atoms with Crippen LogP contribution >= 0.6 is 0 Å². The molecule has 20 heavy (non-hydrogen) atoms. The first kappa shape index (κ1) is 14.6. The highest BCUT2D eigenvalue weighted by atomic mass is 16.4. The number of hydrogen-bond donors (Lipinski definition) is 1. The van der Waals surface area contributed by atoms with Crippen molar-refractivity contribution < 1.29 is 14.7 Å². The van der Waals surface area contributed by atoms with Crippen LogP contribution in [-0.2, 0) is 16.6 Å². The summed E-state index contributed by atoms with van der Waals surface area (Å²) in [6.07, 6.45) is 1.29. The van der Waals surface area contributed by atoms with Crippen molar-refractivity contribution in [3.8, 4) is 0 Å². The molecular weight excluding hydrogens is 258 g/mol. The van der Waals surface area contributed by atoms with Crippen molar-refractivity contribution in [1.29, 1.82) is 0 Å². The Bertz CT molecular complexity index is 550. The highest BCUT2D eigenvalue weighted by molar-refractivity contribution is 5.88. The van der Waals surface area contributed by atoms with Gasteiger partial charge in [-0.05, 0) is 33.6 Å². The molecule has 6 heteroatoms. The van der Waals surface area contributed by atoms with Crippen LogP contribution in [0.3, 0.4) is 0 Å². The number of carbonyl (C=O) groups is 2. The molecule has 0 saturated carbocycles. The van der Waals surface area contributed by atoms with E-state index in [1.807, 2.05) is 27.8 Å². The van der Waals surface area contributed by atoms with E-state index in [0.29, 0.717) is 13.0 Å². The van der Waals surface area contributed by atoms with Crippen LogP contribution < -0.4 is 0 Å². The molecule has 0 radical (unpaired) electrons. The number of aliphatic carboxylic acids is 1. The van der Waals surface area contributed by atoms with Gasteiger partial charge in [-0.3, -0.25) is 9.48 Å². The molecule has 1 unspecified atom stereocenters. The molecule has 1 amide bonds. The number of aryl methyl sites for hydroxylation is 2. The fraction of sp³-hybridized carbons (Fsp3) is 0.643. The van der Waals surface area contributed by atoms with Gasteiger partial charge >= 0.3 is 5.97 Å². The molecular formula is C14H21N3O3. The minimum absolute atomic E-state index is 0.117. The van der Waals surface area contributed by atoms with Gasteiger partial charge in [0, 0.05) is 24.8 Å². The lowest BCUT2D eigenvalue weighted by Crippen LogP contribution is -2.42. The number of aromatic nitrogens is 2. The van der Waals surface area contributed by atoms with Crippen molar-refractivity contribution in [1.82, 2.24) is 14.7 Å². The number of nitrogens with zero attached hydrogens (tertiary/aromatic N) is 3. The number of carbonyl (C=O) groups excluding carboxylic acids is 1. The first-order valence-electron chi connectivity index (χ1n) is 6.88. The van der Waals surface area contributed by atoms with E-state index in [1.165, 1.54) is 4.90 Å². The van der Waals surface area contributed by atoms with Crippen molar-refractivity contribution in [2.45, 2.75) is 45.6 Å². The van der Waals surface area contributed by atoms with E-state index in [0.717, 1.165) is 23.4 Å². The van der Waals surface area contributed by atoms with Crippen LogP contribution in [0, 0.1) is 13.8 Å². The third-order valence-electron chi connectivity index (χ3n) is 4.19. The van der Waals surface area contributed by atoms with Crippen LogP contribution in [0.15, 0.2) is 0 Å². The Labute approximate surface area is 118 Å². The largest absolute Gasteiger partial charge is 0.480 e. The van der Waals surface area contributed by atoms with E-state index in [2.05, 4.69) is 5.10 Å². The summed E-state index contributed by atoms with van der Waals surface area (Å²) >= 11 is 0. The zero-order valence-corrected chi connectivity index (χ0v) is 12.4. The fourth-order valence-electron chi connectivity index (χ4n) is 3.08. The number of likely N-dealkylation sites (tertiary alicyclic amines) is 1. The molecule has 2 atom stereocenters. The summed E-state index contributed by atoms with van der Waals surface area (Å²) < 4.78 is 1.76. The maximum absolute atomic E-state index is 12.6. The predicted octanol–water partition coefficient (Wildman–Crippen LogP) is 1.22. The number of rotatable bonds is 3. The van der Waals surface area contributed by atoms with Crippen LogP contribution in [0.5, 0.6) is 0 Å². The summed E-state index contributed by atoms with van der Waals surface area (Å²) in [5.41, 5.74) is 2.69. The van der Waals surface area contributed by atoms with Gasteiger partial charge in [0.1, 0.15) is 6.04 Å². The van der Waals surface area contributed by atoms with Gasteiger partial charge in [-0.1, -0.05) is 0 Å². The Morgan fingerprint density at radius 1 is 1.40 bits per heavy atom. The molecule has 6 nitrogen and oxygen atoms in total. The topological polar surface area (TPSA) is 75.4 Å². The van der Waals surface area contributed by atoms with Crippen LogP contribution in [0.2, 0.25) is 0 Å². The number of carboxylic acids is 1. The number of amides is 1. The van der Waals surface area contributed by atoms with Crippen molar-refractivity contribution in [3.63, 3.8) is 0 Å². The highest BCUT2D eigenvalue weighted by Gasteiger charge is 2.37. The van der Waals surface area contributed by atoms with Crippen LogP contribution in [0.1, 0.15) is 42.6 Å². The standard InChI is InChI=1S/C14H21N3O3/c1-8(12-9(2)15-16(4)10(12)3)13(18)17-7-5-6-11(17)14(19)20/h8,11H,5-7H2,1-4H3,(H,19,20)/t8?,11-/m0/s1. The van der Waals surface area contributed by atoms with E-state index in [1.54, 1.807) is 4.68 Å². The molecule has 1 saturated heterocycles. The third kappa shape index (κ3) is 2.30. The fourth-order valence-corrected chi connectivity index (χ4v) is 3.08. The van der Waals surface area contributed by atoms with Crippen LogP contribution in [0.4, 0.5) is 0 Å². The van der Waals surface area contributed by atoms with Gasteiger partial charge in [-0.25, -0.2) is 4.79 Å². The van der Waals surface area contributed by atoms with Crippen molar-refractivity contribution in [2.75, 3.05) is 6.54 Å². The molecule has 2 rings (SSSR count). The lowest BCUT2D eigenvalue weighted by Gasteiger charge is -2.25. The monoisotopic (exact) mass is 279 g/mol. The molecule has 0 spiro atoms. The first-order chi connectivity index (χ1) is 9.34. The molecule has 0 aromatic carbocycles. The van der Waals surface area contributed by atoms with Gasteiger partial charge < -0.3 is 10.0 Å². The van der Waals surface area contributed by atoms with E-state index >= 15 is 0 Å². The molecule has 2 heterocycles. The van der Waals surface area contributed by atoms with Gasteiger partial charge in [-0.15, -0.1) is 0 Å². The maximum atomic E-state index is 12.6. The molecule has 1 aliphatic rings. The average Bonchev–Trinajstić information content (AvgIpc) is 2.94. The summed E-state index contributed by atoms with van der Waals surface area (Å²) in [4.78, 5) is 25.3. The molecule has 1 N–H and O–H groups in total. The lowest BCUT2D eigenvalue weighted by molar-refractivity contribution is -0.148. The molecule has 0 bridgehead atoms. The smallest absolute Gasteiger partial charge is 0.326 e. The second-order valence-corrected chi connectivity index (χ2v) is 5.46. The SMILES string of the molecule is Cc1nn(C)c(C)c1C(C)C(=O)N1CCC[C@H]1C(=O)O. The van der Waals surface area contributed by atoms with Crippen LogP contribution in [-0.4, -0.2) is 44.3 Å². The molecule has 1 aromatic heterocycles. The molecule has 1 fully saturated rings. The summed E-state index contributed by atoms with van der Waals surface area (Å²) in [6.45, 7) is 6.16. The predicted molar refractivity (Wildman–Crippen MR) is 73.5 cm³/mol. The molecule has 1 aromatic rings. The lowest BCUT2D eigenvalue weighted by atomic mass is 9.97. The molecule has 110 valence electrons. The van der Waals surface area contributed by atoms with Gasteiger partial charge in [0.25, 0.3) is 0 Å². The van der Waals surface area contributed by atoms with E-state index < -0.39 is 12.0 Å². The number of hydrogen-bond acceptors (Lipinski definition) is 3. The van der Waals surface area contributed by atoms with Crippen molar-refractivity contribution in [3.05, 3.63) is 17.0 Å².